The summed E-state index contributed by atoms with van der Waals surface area (Å²) >= 11 is 0. The number of hydrogen-bond acceptors (Lipinski definition) is 7. The highest BCUT2D eigenvalue weighted by Crippen LogP contribution is 2.24. The Balaban J connectivity index is 3.08. The van der Waals surface area contributed by atoms with Crippen molar-refractivity contribution < 1.29 is 9.72 Å². The largest absolute Gasteiger partial charge is 0.354 e. The molecule has 0 aliphatic carbocycles. The third-order valence-corrected chi connectivity index (χ3v) is 2.51. The number of hydrogen-bond donors (Lipinski definition) is 1. The number of anilines is 2. The van der Waals surface area contributed by atoms with Crippen LogP contribution in [-0.4, -0.2) is 59.9 Å². The molecule has 0 radical (unpaired) electrons. The Morgan fingerprint density at radius 1 is 1.45 bits per heavy atom. The molecule has 0 saturated carbocycles. The lowest BCUT2D eigenvalue weighted by molar-refractivity contribution is -0.384. The minimum absolute atomic E-state index is 0.00355. The average Bonchev–Trinajstić information content (AvgIpc) is 2.38. The highest BCUT2D eigenvalue weighted by atomic mass is 16.6. The van der Waals surface area contributed by atoms with Gasteiger partial charge in [-0.2, -0.15) is 4.98 Å². The summed E-state index contributed by atoms with van der Waals surface area (Å²) in [5.74, 6) is 0.221. The summed E-state index contributed by atoms with van der Waals surface area (Å²) in [4.78, 5) is 32.9. The maximum atomic E-state index is 11.7. The Kier molecular flexibility index (Phi) is 5.18. The quantitative estimate of drug-likeness (QED) is 0.592. The molecule has 0 bridgehead atoms. The number of aromatic nitrogens is 2. The maximum Gasteiger partial charge on any atom is 0.329 e. The molecular formula is C11H18N6O3. The van der Waals surface area contributed by atoms with E-state index in [2.05, 4.69) is 15.3 Å². The molecule has 0 saturated heterocycles. The average molecular weight is 282 g/mol. The van der Waals surface area contributed by atoms with Crippen LogP contribution in [0.3, 0.4) is 0 Å². The molecule has 9 nitrogen and oxygen atoms in total. The molecule has 1 heterocycles. The Morgan fingerprint density at radius 3 is 2.60 bits per heavy atom. The molecule has 0 aliphatic heterocycles. The second kappa shape index (κ2) is 6.64. The zero-order chi connectivity index (χ0) is 15.3. The van der Waals surface area contributed by atoms with Crippen molar-refractivity contribution in [2.24, 2.45) is 0 Å². The van der Waals surface area contributed by atoms with Gasteiger partial charge < -0.3 is 15.1 Å². The van der Waals surface area contributed by atoms with Crippen molar-refractivity contribution in [1.82, 2.24) is 14.9 Å². The van der Waals surface area contributed by atoms with Gasteiger partial charge in [0.1, 0.15) is 6.20 Å². The molecule has 0 spiro atoms. The Morgan fingerprint density at radius 2 is 2.10 bits per heavy atom. The van der Waals surface area contributed by atoms with Gasteiger partial charge in [-0.25, -0.2) is 4.98 Å². The molecule has 1 aromatic heterocycles. The molecule has 1 rings (SSSR count). The molecule has 0 aromatic carbocycles. The Labute approximate surface area is 116 Å². The number of carbonyl (C=O) groups is 1. The number of nitrogens with zero attached hydrogens (tertiary/aromatic N) is 5. The van der Waals surface area contributed by atoms with E-state index < -0.39 is 4.92 Å². The molecule has 0 unspecified atom stereocenters. The fourth-order valence-electron chi connectivity index (χ4n) is 1.44. The van der Waals surface area contributed by atoms with Crippen LogP contribution in [0.15, 0.2) is 6.20 Å². The first-order valence-corrected chi connectivity index (χ1v) is 6.03. The van der Waals surface area contributed by atoms with Gasteiger partial charge >= 0.3 is 5.69 Å². The summed E-state index contributed by atoms with van der Waals surface area (Å²) in [6.45, 7) is 2.46. The van der Waals surface area contributed by atoms with Gasteiger partial charge in [0.05, 0.1) is 11.5 Å². The van der Waals surface area contributed by atoms with Crippen molar-refractivity contribution in [2.45, 2.75) is 6.92 Å². The summed E-state index contributed by atoms with van der Waals surface area (Å²) in [6.07, 6.45) is 1.14. The van der Waals surface area contributed by atoms with E-state index in [4.69, 9.17) is 0 Å². The highest BCUT2D eigenvalue weighted by molar-refractivity contribution is 5.81. The van der Waals surface area contributed by atoms with Gasteiger partial charge in [-0.1, -0.05) is 0 Å². The zero-order valence-corrected chi connectivity index (χ0v) is 12.0. The smallest absolute Gasteiger partial charge is 0.329 e. The van der Waals surface area contributed by atoms with E-state index in [0.717, 1.165) is 6.20 Å². The third-order valence-electron chi connectivity index (χ3n) is 2.51. The van der Waals surface area contributed by atoms with E-state index in [1.54, 1.807) is 21.1 Å². The lowest BCUT2D eigenvalue weighted by Gasteiger charge is -2.20. The van der Waals surface area contributed by atoms with Crippen LogP contribution in [0.5, 0.6) is 0 Å². The van der Waals surface area contributed by atoms with Crippen molar-refractivity contribution in [3.8, 4) is 0 Å². The number of amides is 1. The summed E-state index contributed by atoms with van der Waals surface area (Å²) in [7, 11) is 4.82. The van der Waals surface area contributed by atoms with Crippen LogP contribution < -0.4 is 10.2 Å². The molecule has 0 atom stereocenters. The zero-order valence-electron chi connectivity index (χ0n) is 12.0. The van der Waals surface area contributed by atoms with Gasteiger partial charge in [-0.05, 0) is 6.92 Å². The molecule has 0 fully saturated rings. The summed E-state index contributed by atoms with van der Waals surface area (Å²) in [6, 6.07) is 0. The second-order valence-corrected chi connectivity index (χ2v) is 4.33. The lowest BCUT2D eigenvalue weighted by atomic mass is 10.4. The summed E-state index contributed by atoms with van der Waals surface area (Å²) in [5.41, 5.74) is -0.235. The first-order valence-electron chi connectivity index (χ1n) is 6.03. The Hall–Kier alpha value is -2.45. The van der Waals surface area contributed by atoms with Crippen LogP contribution in [0, 0.1) is 10.1 Å². The van der Waals surface area contributed by atoms with Gasteiger partial charge in [0.25, 0.3) is 0 Å². The maximum absolute atomic E-state index is 11.7. The lowest BCUT2D eigenvalue weighted by Crippen LogP contribution is -2.35. The molecule has 1 aromatic rings. The fraction of sp³-hybridized carbons (Fsp3) is 0.545. The van der Waals surface area contributed by atoms with Crippen molar-refractivity contribution in [3.05, 3.63) is 16.3 Å². The first-order chi connectivity index (χ1) is 9.36. The van der Waals surface area contributed by atoms with Crippen LogP contribution in [0.1, 0.15) is 6.92 Å². The van der Waals surface area contributed by atoms with Crippen LogP contribution in [0.25, 0.3) is 0 Å². The van der Waals surface area contributed by atoms with E-state index in [-0.39, 0.29) is 29.9 Å². The van der Waals surface area contributed by atoms with Gasteiger partial charge in [-0.15, -0.1) is 0 Å². The molecule has 20 heavy (non-hydrogen) atoms. The van der Waals surface area contributed by atoms with E-state index >= 15 is 0 Å². The SMILES string of the molecule is CCNc1ncc([N+](=O)[O-])c(N(C)CC(=O)N(C)C)n1. The number of likely N-dealkylation sites (N-methyl/N-ethyl adjacent to an activating group) is 2. The van der Waals surface area contributed by atoms with Gasteiger partial charge in [-0.3, -0.25) is 14.9 Å². The second-order valence-electron chi connectivity index (χ2n) is 4.33. The fourth-order valence-corrected chi connectivity index (χ4v) is 1.44. The van der Waals surface area contributed by atoms with E-state index in [1.165, 1.54) is 9.80 Å². The molecular weight excluding hydrogens is 264 g/mol. The molecule has 0 aliphatic rings. The normalized spacial score (nSPS) is 10.0. The van der Waals surface area contributed by atoms with E-state index in [1.807, 2.05) is 6.92 Å². The van der Waals surface area contributed by atoms with Crippen LogP contribution in [-0.2, 0) is 4.79 Å². The monoisotopic (exact) mass is 282 g/mol. The van der Waals surface area contributed by atoms with Crippen molar-refractivity contribution in [3.63, 3.8) is 0 Å². The van der Waals surface area contributed by atoms with Crippen LogP contribution in [0.2, 0.25) is 0 Å². The number of rotatable bonds is 6. The molecule has 1 N–H and O–H groups in total. The molecule has 9 heteroatoms. The first kappa shape index (κ1) is 15.6. The van der Waals surface area contributed by atoms with Crippen molar-refractivity contribution >= 4 is 23.4 Å². The van der Waals surface area contributed by atoms with Crippen LogP contribution in [0.4, 0.5) is 17.5 Å². The number of nitro groups is 1. The topological polar surface area (TPSA) is 104 Å². The highest BCUT2D eigenvalue weighted by Gasteiger charge is 2.22. The van der Waals surface area contributed by atoms with Gasteiger partial charge in [0, 0.05) is 27.7 Å². The van der Waals surface area contributed by atoms with Crippen molar-refractivity contribution in [2.75, 3.05) is 44.4 Å². The van der Waals surface area contributed by atoms with Crippen molar-refractivity contribution in [1.29, 1.82) is 0 Å². The van der Waals surface area contributed by atoms with E-state index in [0.29, 0.717) is 6.54 Å². The molecule has 110 valence electrons. The number of carbonyl (C=O) groups excluding carboxylic acids is 1. The Bertz CT molecular complexity index is 505. The van der Waals surface area contributed by atoms with Gasteiger partial charge in [0.2, 0.25) is 17.7 Å². The minimum Gasteiger partial charge on any atom is -0.354 e. The summed E-state index contributed by atoms with van der Waals surface area (Å²) < 4.78 is 0. The summed E-state index contributed by atoms with van der Waals surface area (Å²) in [5, 5.41) is 13.9. The van der Waals surface area contributed by atoms with E-state index in [9.17, 15) is 14.9 Å². The van der Waals surface area contributed by atoms with Gasteiger partial charge in [0.15, 0.2) is 0 Å². The third kappa shape index (κ3) is 3.77. The number of nitrogens with one attached hydrogen (secondary N) is 1. The predicted octanol–water partition coefficient (Wildman–Crippen LogP) is 0.341. The minimum atomic E-state index is -0.568. The van der Waals surface area contributed by atoms with Crippen LogP contribution >= 0.6 is 0 Å². The predicted molar refractivity (Wildman–Crippen MR) is 74.8 cm³/mol. The standard InChI is InChI=1S/C11H18N6O3/c1-5-12-11-13-6-8(17(19)20)10(14-11)16(4)7-9(18)15(2)3/h6H,5,7H2,1-4H3,(H,12,13,14). The molecule has 1 amide bonds.